The minimum Gasteiger partial charge on any atom is -0.431 e. The van der Waals surface area contributed by atoms with Crippen molar-refractivity contribution in [1.29, 1.82) is 0 Å². The number of para-hydroxylation sites is 4. The average Bonchev–Trinajstić information content (AvgIpc) is 3.14. The summed E-state index contributed by atoms with van der Waals surface area (Å²) in [5.74, 6) is 0.956. The summed E-state index contributed by atoms with van der Waals surface area (Å²) in [5, 5.41) is 12.0. The van der Waals surface area contributed by atoms with Crippen LogP contribution in [0.1, 0.15) is 6.42 Å². The van der Waals surface area contributed by atoms with Gasteiger partial charge in [-0.2, -0.15) is 0 Å². The molecule has 0 aliphatic carbocycles. The number of fused-ring (bicyclic) bond motifs is 1. The van der Waals surface area contributed by atoms with Crippen molar-refractivity contribution in [3.8, 4) is 0 Å². The first-order valence-electron chi connectivity index (χ1n) is 9.40. The van der Waals surface area contributed by atoms with E-state index in [1.807, 2.05) is 36.4 Å². The first-order valence-corrected chi connectivity index (χ1v) is 10.4. The topological polar surface area (TPSA) is 75.7 Å². The number of rotatable bonds is 7. The molecule has 0 spiro atoms. The predicted octanol–water partition coefficient (Wildman–Crippen LogP) is 4.04. The van der Waals surface area contributed by atoms with E-state index in [4.69, 9.17) is 4.42 Å². The maximum absolute atomic E-state index is 11.2. The van der Waals surface area contributed by atoms with E-state index in [-0.39, 0.29) is 10.6 Å². The molecule has 8 heteroatoms. The quantitative estimate of drug-likeness (QED) is 0.257. The number of aromatic nitrogens is 1. The van der Waals surface area contributed by atoms with Crippen molar-refractivity contribution >= 4 is 34.2 Å². The molecule has 28 heavy (non-hydrogen) atoms. The number of hydrogen-bond acceptors (Lipinski definition) is 7. The van der Waals surface area contributed by atoms with Crippen LogP contribution in [0.25, 0.3) is 11.1 Å². The van der Waals surface area contributed by atoms with E-state index in [0.29, 0.717) is 0 Å². The Morgan fingerprint density at radius 2 is 1.82 bits per heavy atom. The highest BCUT2D eigenvalue weighted by Crippen LogP contribution is 2.28. The summed E-state index contributed by atoms with van der Waals surface area (Å²) in [6.07, 6.45) is 1.05. The van der Waals surface area contributed by atoms with Gasteiger partial charge in [-0.05, 0) is 31.2 Å². The van der Waals surface area contributed by atoms with Gasteiger partial charge >= 0.3 is 0 Å². The summed E-state index contributed by atoms with van der Waals surface area (Å²) in [6, 6.07) is 14.8. The van der Waals surface area contributed by atoms with Gasteiger partial charge in [-0.15, -0.1) is 0 Å². The lowest BCUT2D eigenvalue weighted by molar-refractivity contribution is -0.384. The number of oxazole rings is 1. The molecule has 4 rings (SSSR count). The molecule has 1 aliphatic rings. The smallest absolute Gasteiger partial charge is 0.292 e. The summed E-state index contributed by atoms with van der Waals surface area (Å²) in [6.45, 7) is 4.46. The summed E-state index contributed by atoms with van der Waals surface area (Å²) in [7, 11) is 0. The van der Waals surface area contributed by atoms with Crippen molar-refractivity contribution < 1.29 is 9.34 Å². The van der Waals surface area contributed by atoms with Gasteiger partial charge in [0.1, 0.15) is 11.2 Å². The van der Waals surface area contributed by atoms with E-state index in [9.17, 15) is 10.1 Å². The molecule has 1 saturated heterocycles. The Hall–Kier alpha value is -2.58. The lowest BCUT2D eigenvalue weighted by Crippen LogP contribution is -2.46. The lowest BCUT2D eigenvalue weighted by atomic mass is 10.2. The van der Waals surface area contributed by atoms with Crippen LogP contribution in [0.15, 0.2) is 58.2 Å². The summed E-state index contributed by atoms with van der Waals surface area (Å²) in [5.41, 5.74) is 2.64. The van der Waals surface area contributed by atoms with Crippen LogP contribution in [-0.4, -0.2) is 53.3 Å². The van der Waals surface area contributed by atoms with Crippen molar-refractivity contribution in [2.75, 3.05) is 43.4 Å². The fraction of sp³-hybridized carbons (Fsp3) is 0.350. The molecule has 146 valence electrons. The van der Waals surface area contributed by atoms with E-state index in [1.165, 1.54) is 0 Å². The Morgan fingerprint density at radius 1 is 1.07 bits per heavy atom. The predicted molar refractivity (Wildman–Crippen MR) is 111 cm³/mol. The number of nitrogens with zero attached hydrogens (tertiary/aromatic N) is 4. The van der Waals surface area contributed by atoms with Crippen LogP contribution >= 0.6 is 11.8 Å². The molecule has 0 unspecified atom stereocenters. The third-order valence-electron chi connectivity index (χ3n) is 4.91. The normalized spacial score (nSPS) is 15.2. The second-order valence-electron chi connectivity index (χ2n) is 6.72. The van der Waals surface area contributed by atoms with Gasteiger partial charge in [0.05, 0.1) is 4.92 Å². The Kier molecular flexibility index (Phi) is 5.78. The average molecular weight is 398 g/mol. The van der Waals surface area contributed by atoms with Crippen LogP contribution in [0.5, 0.6) is 0 Å². The summed E-state index contributed by atoms with van der Waals surface area (Å²) >= 11 is 1.65. The molecule has 3 aromatic rings. The molecule has 0 amide bonds. The van der Waals surface area contributed by atoms with Gasteiger partial charge in [0, 0.05) is 38.0 Å². The molecule has 0 atom stereocenters. The summed E-state index contributed by atoms with van der Waals surface area (Å²) < 4.78 is 5.73. The van der Waals surface area contributed by atoms with Crippen LogP contribution in [0.4, 0.5) is 11.4 Å². The van der Waals surface area contributed by atoms with Crippen molar-refractivity contribution in [3.05, 3.63) is 58.6 Å². The van der Waals surface area contributed by atoms with Gasteiger partial charge in [0.25, 0.3) is 10.9 Å². The third kappa shape index (κ3) is 4.28. The first kappa shape index (κ1) is 18.8. The van der Waals surface area contributed by atoms with Crippen molar-refractivity contribution in [1.82, 2.24) is 9.88 Å². The van der Waals surface area contributed by atoms with Crippen LogP contribution in [0, 0.1) is 10.1 Å². The number of piperazine rings is 1. The van der Waals surface area contributed by atoms with Crippen LogP contribution in [0.3, 0.4) is 0 Å². The second kappa shape index (κ2) is 8.62. The van der Waals surface area contributed by atoms with Gasteiger partial charge in [0.2, 0.25) is 0 Å². The fourth-order valence-electron chi connectivity index (χ4n) is 3.46. The molecular formula is C20H22N4O3S. The minimum absolute atomic E-state index is 0.186. The maximum Gasteiger partial charge on any atom is 0.292 e. The molecule has 7 nitrogen and oxygen atoms in total. The highest BCUT2D eigenvalue weighted by molar-refractivity contribution is 7.99. The fourth-order valence-corrected chi connectivity index (χ4v) is 4.22. The number of benzene rings is 2. The molecule has 1 aromatic heterocycles. The molecule has 0 bridgehead atoms. The van der Waals surface area contributed by atoms with Gasteiger partial charge in [-0.3, -0.25) is 15.0 Å². The number of thioether (sulfide) groups is 1. The van der Waals surface area contributed by atoms with Gasteiger partial charge in [-0.25, -0.2) is 4.98 Å². The number of anilines is 1. The molecule has 0 saturated carbocycles. The molecule has 2 aromatic carbocycles. The van der Waals surface area contributed by atoms with Crippen molar-refractivity contribution in [3.63, 3.8) is 0 Å². The molecule has 0 radical (unpaired) electrons. The standard InChI is InChI=1S/C20H22N4O3S/c25-24(26)18-8-3-2-7-17(18)23-13-11-22(12-14-23)10-5-15-28-20-21-16-6-1-4-9-19(16)27-20/h1-4,6-9H,5,10-15H2. The number of nitro benzene ring substituents is 1. The van der Waals surface area contributed by atoms with E-state index in [1.54, 1.807) is 23.9 Å². The van der Waals surface area contributed by atoms with E-state index >= 15 is 0 Å². The molecule has 1 aliphatic heterocycles. The van der Waals surface area contributed by atoms with Gasteiger partial charge < -0.3 is 9.32 Å². The largest absolute Gasteiger partial charge is 0.431 e. The molecule has 0 N–H and O–H groups in total. The monoisotopic (exact) mass is 398 g/mol. The zero-order chi connectivity index (χ0) is 19.3. The number of hydrogen-bond donors (Lipinski definition) is 0. The first-order chi connectivity index (χ1) is 13.7. The third-order valence-corrected chi connectivity index (χ3v) is 5.82. The highest BCUT2D eigenvalue weighted by Gasteiger charge is 2.22. The highest BCUT2D eigenvalue weighted by atomic mass is 32.2. The molecular weight excluding hydrogens is 376 g/mol. The van der Waals surface area contributed by atoms with Gasteiger partial charge in [-0.1, -0.05) is 36.0 Å². The zero-order valence-electron chi connectivity index (χ0n) is 15.5. The van der Waals surface area contributed by atoms with Gasteiger partial charge in [0.15, 0.2) is 5.58 Å². The Balaban J connectivity index is 1.22. The minimum atomic E-state index is -0.301. The molecule has 2 heterocycles. The SMILES string of the molecule is O=[N+]([O-])c1ccccc1N1CCN(CCCSc2nc3ccccc3o2)CC1. The van der Waals surface area contributed by atoms with Crippen LogP contribution in [0.2, 0.25) is 0 Å². The zero-order valence-corrected chi connectivity index (χ0v) is 16.3. The Bertz CT molecular complexity index is 920. The van der Waals surface area contributed by atoms with Crippen LogP contribution < -0.4 is 4.90 Å². The van der Waals surface area contributed by atoms with Crippen molar-refractivity contribution in [2.24, 2.45) is 0 Å². The Labute approximate surface area is 167 Å². The van der Waals surface area contributed by atoms with E-state index in [0.717, 1.165) is 66.9 Å². The van der Waals surface area contributed by atoms with Crippen molar-refractivity contribution in [2.45, 2.75) is 11.6 Å². The number of nitro groups is 1. The molecule has 1 fully saturated rings. The van der Waals surface area contributed by atoms with E-state index < -0.39 is 0 Å². The van der Waals surface area contributed by atoms with E-state index in [2.05, 4.69) is 14.8 Å². The maximum atomic E-state index is 11.2. The summed E-state index contributed by atoms with van der Waals surface area (Å²) in [4.78, 5) is 19.9. The lowest BCUT2D eigenvalue weighted by Gasteiger charge is -2.35. The Morgan fingerprint density at radius 3 is 2.61 bits per heavy atom. The van der Waals surface area contributed by atoms with Crippen LogP contribution in [-0.2, 0) is 0 Å². The second-order valence-corrected chi connectivity index (χ2v) is 7.77.